The Morgan fingerprint density at radius 1 is 1.17 bits per heavy atom. The van der Waals surface area contributed by atoms with E-state index in [0.717, 1.165) is 12.0 Å². The first-order valence-corrected chi connectivity index (χ1v) is 9.76. The molecular formula is C22H18ClFN4O2. The summed E-state index contributed by atoms with van der Waals surface area (Å²) in [7, 11) is 0. The van der Waals surface area contributed by atoms with Crippen molar-refractivity contribution >= 4 is 34.2 Å². The maximum absolute atomic E-state index is 13.4. The molecule has 0 atom stereocenters. The third-order valence-electron chi connectivity index (χ3n) is 4.76. The lowest BCUT2D eigenvalue weighted by atomic mass is 10.1. The van der Waals surface area contributed by atoms with Crippen molar-refractivity contribution in [2.24, 2.45) is 0 Å². The monoisotopic (exact) mass is 424 g/mol. The second kappa shape index (κ2) is 8.12. The second-order valence-corrected chi connectivity index (χ2v) is 7.16. The number of carbonyl (C=O) groups excluding carboxylic acids is 1. The topological polar surface area (TPSA) is 68.9 Å². The molecule has 0 aliphatic carbocycles. The molecule has 30 heavy (non-hydrogen) atoms. The molecule has 6 nitrogen and oxygen atoms in total. The number of amides is 1. The number of aromatic nitrogens is 3. The zero-order chi connectivity index (χ0) is 21.3. The predicted molar refractivity (Wildman–Crippen MR) is 115 cm³/mol. The molecule has 2 aromatic heterocycles. The molecule has 4 aromatic rings. The van der Waals surface area contributed by atoms with Crippen molar-refractivity contribution in [1.29, 1.82) is 0 Å². The van der Waals surface area contributed by atoms with Gasteiger partial charge >= 0.3 is 0 Å². The summed E-state index contributed by atoms with van der Waals surface area (Å²) in [5.41, 5.74) is 2.21. The summed E-state index contributed by atoms with van der Waals surface area (Å²) < 4.78 is 16.4. The zero-order valence-corrected chi connectivity index (χ0v) is 16.9. The summed E-state index contributed by atoms with van der Waals surface area (Å²) in [5.74, 6) is -0.972. The number of nitrogens with zero attached hydrogens (tertiary/aromatic N) is 3. The highest BCUT2D eigenvalue weighted by molar-refractivity contribution is 6.31. The smallest absolute Gasteiger partial charge is 0.280 e. The van der Waals surface area contributed by atoms with Crippen LogP contribution in [0.4, 0.5) is 10.1 Å². The normalized spacial score (nSPS) is 11.0. The fraction of sp³-hybridized carbons (Fsp3) is 0.136. The van der Waals surface area contributed by atoms with Crippen LogP contribution in [0.2, 0.25) is 5.02 Å². The van der Waals surface area contributed by atoms with Crippen molar-refractivity contribution < 1.29 is 9.18 Å². The highest BCUT2D eigenvalue weighted by atomic mass is 35.5. The van der Waals surface area contributed by atoms with Gasteiger partial charge < -0.3 is 5.32 Å². The number of hydrogen-bond acceptors (Lipinski definition) is 3. The summed E-state index contributed by atoms with van der Waals surface area (Å²) in [6, 6.07) is 14.9. The van der Waals surface area contributed by atoms with Crippen molar-refractivity contribution in [2.45, 2.75) is 19.9 Å². The molecule has 0 fully saturated rings. The molecule has 0 saturated heterocycles. The maximum atomic E-state index is 13.4. The first-order valence-electron chi connectivity index (χ1n) is 9.38. The van der Waals surface area contributed by atoms with Gasteiger partial charge in [0.2, 0.25) is 5.91 Å². The molecule has 0 spiro atoms. The number of nitrogens with one attached hydrogen (secondary N) is 1. The molecule has 0 radical (unpaired) electrons. The van der Waals surface area contributed by atoms with Crippen molar-refractivity contribution in [3.8, 4) is 5.69 Å². The molecule has 1 N–H and O–H groups in total. The molecule has 0 aliphatic rings. The Morgan fingerprint density at radius 3 is 2.77 bits per heavy atom. The van der Waals surface area contributed by atoms with Crippen LogP contribution >= 0.6 is 11.6 Å². The van der Waals surface area contributed by atoms with Crippen molar-refractivity contribution in [1.82, 2.24) is 14.3 Å². The van der Waals surface area contributed by atoms with Gasteiger partial charge in [0.15, 0.2) is 5.65 Å². The van der Waals surface area contributed by atoms with Crippen LogP contribution in [-0.2, 0) is 17.8 Å². The van der Waals surface area contributed by atoms with Crippen molar-refractivity contribution in [3.63, 3.8) is 0 Å². The summed E-state index contributed by atoms with van der Waals surface area (Å²) >= 11 is 5.79. The Hall–Kier alpha value is -3.45. The minimum absolute atomic E-state index is 0.0887. The second-order valence-electron chi connectivity index (χ2n) is 6.75. The molecule has 2 aromatic carbocycles. The van der Waals surface area contributed by atoms with E-state index in [4.69, 9.17) is 11.6 Å². The van der Waals surface area contributed by atoms with Gasteiger partial charge in [-0.15, -0.1) is 0 Å². The van der Waals surface area contributed by atoms with Crippen molar-refractivity contribution in [3.05, 3.63) is 87.6 Å². The summed E-state index contributed by atoms with van der Waals surface area (Å²) in [5, 5.41) is 3.00. The molecule has 152 valence electrons. The van der Waals surface area contributed by atoms with Gasteiger partial charge in [0.25, 0.3) is 5.56 Å². The number of pyridine rings is 1. The molecule has 0 saturated carbocycles. The number of fused-ring (bicyclic) bond motifs is 1. The van der Waals surface area contributed by atoms with Gasteiger partial charge in [-0.05, 0) is 54.4 Å². The van der Waals surface area contributed by atoms with E-state index in [2.05, 4.69) is 10.3 Å². The number of carbonyl (C=O) groups is 1. The fourth-order valence-electron chi connectivity index (χ4n) is 3.31. The van der Waals surface area contributed by atoms with Crippen LogP contribution in [0.15, 0.2) is 65.6 Å². The van der Waals surface area contributed by atoms with Gasteiger partial charge in [-0.3, -0.25) is 14.3 Å². The number of anilines is 1. The number of halogens is 2. The van der Waals surface area contributed by atoms with E-state index in [-0.39, 0.29) is 17.1 Å². The lowest BCUT2D eigenvalue weighted by Crippen LogP contribution is -2.27. The number of benzene rings is 2. The third-order valence-corrected chi connectivity index (χ3v) is 5.05. The molecule has 0 aliphatic heterocycles. The average molecular weight is 425 g/mol. The van der Waals surface area contributed by atoms with Crippen LogP contribution in [-0.4, -0.2) is 20.3 Å². The Balaban J connectivity index is 1.76. The SMILES string of the molecule is CCc1cccc(-n2c(=O)c3cccnc3n2CC(=O)Nc2ccc(F)c(Cl)c2)c1. The van der Waals surface area contributed by atoms with E-state index in [1.54, 1.807) is 18.3 Å². The van der Waals surface area contributed by atoms with Gasteiger partial charge in [0, 0.05) is 11.9 Å². The zero-order valence-electron chi connectivity index (χ0n) is 16.1. The summed E-state index contributed by atoms with van der Waals surface area (Å²) in [6.45, 7) is 1.86. The summed E-state index contributed by atoms with van der Waals surface area (Å²) in [4.78, 5) is 30.1. The number of rotatable bonds is 5. The molecule has 1 amide bonds. The van der Waals surface area contributed by atoms with Crippen LogP contribution in [0, 0.1) is 5.82 Å². The van der Waals surface area contributed by atoms with Gasteiger partial charge in [-0.1, -0.05) is 30.7 Å². The first kappa shape index (κ1) is 19.8. The Morgan fingerprint density at radius 2 is 2.00 bits per heavy atom. The highest BCUT2D eigenvalue weighted by Gasteiger charge is 2.18. The number of aryl methyl sites for hydroxylation is 1. The standard InChI is InChI=1S/C22H18ClFN4O2/c1-2-14-5-3-6-16(11-14)28-22(30)17-7-4-10-25-21(17)27(28)13-20(29)26-15-8-9-19(24)18(23)12-15/h3-12H,2,13H2,1H3,(H,26,29). The minimum atomic E-state index is -0.570. The predicted octanol–water partition coefficient (Wildman–Crippen LogP) is 4.18. The van der Waals surface area contributed by atoms with E-state index < -0.39 is 11.7 Å². The Labute approximate surface area is 176 Å². The van der Waals surface area contributed by atoms with E-state index in [9.17, 15) is 14.0 Å². The maximum Gasteiger partial charge on any atom is 0.280 e. The summed E-state index contributed by atoms with van der Waals surface area (Å²) in [6.07, 6.45) is 2.38. The largest absolute Gasteiger partial charge is 0.324 e. The van der Waals surface area contributed by atoms with E-state index >= 15 is 0 Å². The number of hydrogen-bond donors (Lipinski definition) is 1. The van der Waals surface area contributed by atoms with Crippen LogP contribution in [0.25, 0.3) is 16.7 Å². The van der Waals surface area contributed by atoms with Crippen LogP contribution in [0.1, 0.15) is 12.5 Å². The van der Waals surface area contributed by atoms with Gasteiger partial charge in [-0.2, -0.15) is 0 Å². The lowest BCUT2D eigenvalue weighted by Gasteiger charge is -2.13. The van der Waals surface area contributed by atoms with Crippen molar-refractivity contribution in [2.75, 3.05) is 5.32 Å². The Kier molecular flexibility index (Phi) is 5.37. The van der Waals surface area contributed by atoms with Gasteiger partial charge in [0.1, 0.15) is 12.4 Å². The quantitative estimate of drug-likeness (QED) is 0.522. The molecule has 4 rings (SSSR count). The van der Waals surface area contributed by atoms with E-state index in [1.165, 1.54) is 27.6 Å². The molecule has 8 heteroatoms. The molecule has 0 unspecified atom stereocenters. The van der Waals surface area contributed by atoms with Crippen LogP contribution < -0.4 is 10.9 Å². The van der Waals surface area contributed by atoms with Gasteiger partial charge in [-0.25, -0.2) is 14.1 Å². The lowest BCUT2D eigenvalue weighted by molar-refractivity contribution is -0.116. The Bertz CT molecular complexity index is 1310. The van der Waals surface area contributed by atoms with E-state index in [1.807, 2.05) is 31.2 Å². The highest BCUT2D eigenvalue weighted by Crippen LogP contribution is 2.20. The fourth-order valence-corrected chi connectivity index (χ4v) is 3.49. The third kappa shape index (κ3) is 3.71. The van der Waals surface area contributed by atoms with Gasteiger partial charge in [0.05, 0.1) is 16.1 Å². The molecule has 2 heterocycles. The van der Waals surface area contributed by atoms with E-state index in [0.29, 0.717) is 22.4 Å². The van der Waals surface area contributed by atoms with Crippen LogP contribution in [0.5, 0.6) is 0 Å². The average Bonchev–Trinajstić information content (AvgIpc) is 3.02. The molecule has 0 bridgehead atoms. The molecular weight excluding hydrogens is 407 g/mol. The minimum Gasteiger partial charge on any atom is -0.324 e. The van der Waals surface area contributed by atoms with Crippen LogP contribution in [0.3, 0.4) is 0 Å². The first-order chi connectivity index (χ1) is 14.5.